The van der Waals surface area contributed by atoms with Crippen LogP contribution < -0.4 is 20.7 Å². The molecule has 1 fully saturated rings. The van der Waals surface area contributed by atoms with Crippen LogP contribution in [0, 0.1) is 25.7 Å². The first-order valence-electron chi connectivity index (χ1n) is 24.2. The number of alkyl halides is 3. The molecular weight excluding hydrogens is 938 g/mol. The number of fused-ring (bicyclic) bond motifs is 2. The van der Waals surface area contributed by atoms with Gasteiger partial charge in [-0.05, 0) is 93.0 Å². The zero-order valence-corrected chi connectivity index (χ0v) is 41.5. The number of amides is 2. The van der Waals surface area contributed by atoms with Gasteiger partial charge in [0, 0.05) is 53.3 Å². The van der Waals surface area contributed by atoms with Gasteiger partial charge in [0.05, 0.1) is 109 Å². The van der Waals surface area contributed by atoms with Crippen LogP contribution in [0.3, 0.4) is 0 Å². The molecule has 3 N–H and O–H groups in total. The highest BCUT2D eigenvalue weighted by Gasteiger charge is 2.32. The van der Waals surface area contributed by atoms with Crippen LogP contribution in [0.15, 0.2) is 91.8 Å². The summed E-state index contributed by atoms with van der Waals surface area (Å²) in [6, 6.07) is 11.7. The molecule has 2 aliphatic carbocycles. The summed E-state index contributed by atoms with van der Waals surface area (Å²) < 4.78 is 81.4. The first-order chi connectivity index (χ1) is 35.0. The van der Waals surface area contributed by atoms with Crippen molar-refractivity contribution in [3.63, 3.8) is 0 Å². The molecule has 2 atom stereocenters. The van der Waals surface area contributed by atoms with Crippen molar-refractivity contribution < 1.29 is 55.9 Å². The number of carbonyl (C=O) groups excluding carboxylic acids is 2. The maximum atomic E-state index is 13.8. The number of benzene rings is 2. The lowest BCUT2D eigenvalue weighted by molar-refractivity contribution is -0.137. The Morgan fingerprint density at radius 1 is 0.764 bits per heavy atom. The predicted octanol–water partition coefficient (Wildman–Crippen LogP) is 8.58. The molecule has 0 aliphatic heterocycles. The Morgan fingerprint density at radius 3 is 1.94 bits per heavy atom. The number of carbonyl (C=O) groups is 2. The van der Waals surface area contributed by atoms with Gasteiger partial charge in [0.25, 0.3) is 5.91 Å². The summed E-state index contributed by atoms with van der Waals surface area (Å²) in [5.41, 5.74) is 2.60. The Balaban J connectivity index is 0.000000960. The van der Waals surface area contributed by atoms with Crippen LogP contribution in [0.25, 0.3) is 16.9 Å². The maximum absolute atomic E-state index is 13.8. The standard InChI is InChI=1S/C43H51F3N8O9.C7H10.C2H6/c1-31-3-4-33(41(56)51-36-23-35(43(44,45)46)24-37(25-36)54-28-32(2)50-29-54)22-40(31)53-42-49-6-5-39(52-42)34-21-38(27-48-26-34)63-20-19-62-18-17-61-16-15-60-14-13-59-12-11-58-10-9-57-8-7-47-30-55;1-2-7-4-3-6(1)5-7;1-2/h3-6,21-30H,7-20H2,1-2H3,(H,47,55)(H,51,56)(H,49,52,53);1-2,6-7H,3-5H2;1-2H3. The number of nitrogens with zero attached hydrogens (tertiary/aromatic N) is 5. The van der Waals surface area contributed by atoms with Gasteiger partial charge in [0.1, 0.15) is 12.4 Å². The van der Waals surface area contributed by atoms with Crippen LogP contribution in [0.5, 0.6) is 5.75 Å². The number of nitrogens with one attached hydrogen (secondary N) is 3. The Morgan fingerprint density at radius 2 is 1.39 bits per heavy atom. The highest BCUT2D eigenvalue weighted by molar-refractivity contribution is 6.05. The van der Waals surface area contributed by atoms with E-state index in [2.05, 4.69) is 48.0 Å². The van der Waals surface area contributed by atoms with Crippen LogP contribution in [-0.4, -0.2) is 129 Å². The lowest BCUT2D eigenvalue weighted by atomic mass is 10.1. The van der Waals surface area contributed by atoms with E-state index in [1.54, 1.807) is 62.0 Å². The Labute approximate surface area is 419 Å². The van der Waals surface area contributed by atoms with E-state index < -0.39 is 17.6 Å². The molecule has 2 aliphatic rings. The monoisotopic (exact) mass is 1000 g/mol. The third kappa shape index (κ3) is 20.1. The fourth-order valence-corrected chi connectivity index (χ4v) is 7.32. The summed E-state index contributed by atoms with van der Waals surface area (Å²) in [6.45, 7) is 13.5. The molecule has 20 heteroatoms. The lowest BCUT2D eigenvalue weighted by Gasteiger charge is -2.14. The van der Waals surface area contributed by atoms with Crippen molar-refractivity contribution in [1.29, 1.82) is 0 Å². The van der Waals surface area contributed by atoms with Gasteiger partial charge in [-0.3, -0.25) is 14.6 Å². The van der Waals surface area contributed by atoms with Crippen molar-refractivity contribution in [3.05, 3.63) is 114 Å². The van der Waals surface area contributed by atoms with E-state index in [4.69, 9.17) is 33.2 Å². The summed E-state index contributed by atoms with van der Waals surface area (Å²) in [6.07, 6.45) is 13.0. The third-order valence-electron chi connectivity index (χ3n) is 10.9. The second kappa shape index (κ2) is 31.2. The zero-order chi connectivity index (χ0) is 51.4. The number of hydrogen-bond acceptors (Lipinski definition) is 14. The van der Waals surface area contributed by atoms with Crippen molar-refractivity contribution in [1.82, 2.24) is 29.8 Å². The van der Waals surface area contributed by atoms with Crippen molar-refractivity contribution in [2.24, 2.45) is 11.8 Å². The average molecular weight is 1010 g/mol. The van der Waals surface area contributed by atoms with Crippen molar-refractivity contribution in [3.8, 4) is 22.7 Å². The highest BCUT2D eigenvalue weighted by atomic mass is 19.4. The molecule has 3 aromatic heterocycles. The minimum Gasteiger partial charge on any atom is -0.490 e. The topological polar surface area (TPSA) is 191 Å². The van der Waals surface area contributed by atoms with Crippen molar-refractivity contribution >= 4 is 29.6 Å². The highest BCUT2D eigenvalue weighted by Crippen LogP contribution is 2.38. The van der Waals surface area contributed by atoms with E-state index in [0.29, 0.717) is 121 Å². The van der Waals surface area contributed by atoms with E-state index in [0.717, 1.165) is 29.5 Å². The smallest absolute Gasteiger partial charge is 0.416 e. The Hall–Kier alpha value is -6.29. The molecule has 17 nitrogen and oxygen atoms in total. The van der Waals surface area contributed by atoms with Crippen LogP contribution in [0.2, 0.25) is 0 Å². The first kappa shape index (κ1) is 56.6. The molecule has 2 aromatic carbocycles. The minimum atomic E-state index is -4.64. The molecule has 5 aromatic rings. The lowest BCUT2D eigenvalue weighted by Crippen LogP contribution is -2.19. The van der Waals surface area contributed by atoms with Crippen LogP contribution in [-0.2, 0) is 39.4 Å². The number of pyridine rings is 1. The van der Waals surface area contributed by atoms with E-state index in [1.807, 2.05) is 20.8 Å². The molecule has 0 spiro atoms. The minimum absolute atomic E-state index is 0.0297. The molecule has 0 radical (unpaired) electrons. The number of anilines is 3. The molecule has 2 bridgehead atoms. The number of aromatic nitrogens is 5. The zero-order valence-electron chi connectivity index (χ0n) is 41.5. The largest absolute Gasteiger partial charge is 0.490 e. The summed E-state index contributed by atoms with van der Waals surface area (Å²) in [5.74, 6) is 2.13. The normalized spacial score (nSPS) is 14.5. The van der Waals surface area contributed by atoms with Gasteiger partial charge in [-0.2, -0.15) is 13.2 Å². The van der Waals surface area contributed by atoms with Gasteiger partial charge in [-0.15, -0.1) is 0 Å². The van der Waals surface area contributed by atoms with E-state index in [-0.39, 0.29) is 29.5 Å². The molecule has 1 saturated carbocycles. The van der Waals surface area contributed by atoms with Crippen molar-refractivity contribution in [2.45, 2.75) is 53.1 Å². The number of aryl methyl sites for hydroxylation is 2. The fourth-order valence-electron chi connectivity index (χ4n) is 7.32. The SMILES string of the molecule is C1=CC2CCC1C2.CC.Cc1cn(-c2cc(NC(=O)c3ccc(C)c(Nc4nccc(-c5cncc(OCCOCCOCCOCCOCCOCCOCCNC=O)c5)n4)c3)cc(C(F)(F)F)c2)cn1. The fraction of sp³-hybridized carbons (Fsp3) is 0.462. The molecule has 3 heterocycles. The van der Waals surface area contributed by atoms with E-state index in [1.165, 1.54) is 36.2 Å². The number of ether oxygens (including phenoxy) is 7. The van der Waals surface area contributed by atoms with Crippen LogP contribution >= 0.6 is 0 Å². The quantitative estimate of drug-likeness (QED) is 0.0234. The van der Waals surface area contributed by atoms with Crippen LogP contribution in [0.4, 0.5) is 30.5 Å². The second-order valence-corrected chi connectivity index (χ2v) is 16.3. The molecule has 0 saturated heterocycles. The third-order valence-corrected chi connectivity index (χ3v) is 10.9. The summed E-state index contributed by atoms with van der Waals surface area (Å²) >= 11 is 0. The molecular formula is C52H67F3N8O9. The molecule has 2 unspecified atom stereocenters. The van der Waals surface area contributed by atoms with Gasteiger partial charge in [-0.25, -0.2) is 15.0 Å². The first-order valence-corrected chi connectivity index (χ1v) is 24.2. The predicted molar refractivity (Wildman–Crippen MR) is 267 cm³/mol. The number of rotatable bonds is 29. The van der Waals surface area contributed by atoms with Gasteiger partial charge in [0.2, 0.25) is 12.4 Å². The van der Waals surface area contributed by atoms with Crippen LogP contribution in [0.1, 0.15) is 60.3 Å². The second-order valence-electron chi connectivity index (χ2n) is 16.3. The summed E-state index contributed by atoms with van der Waals surface area (Å²) in [4.78, 5) is 40.8. The van der Waals surface area contributed by atoms with Crippen molar-refractivity contribution in [2.75, 3.05) is 103 Å². The van der Waals surface area contributed by atoms with Gasteiger partial charge < -0.3 is 53.7 Å². The summed E-state index contributed by atoms with van der Waals surface area (Å²) in [7, 11) is 0. The van der Waals surface area contributed by atoms with Gasteiger partial charge >= 0.3 is 6.18 Å². The molecule has 390 valence electrons. The number of allylic oxidation sites excluding steroid dienone is 2. The maximum Gasteiger partial charge on any atom is 0.416 e. The van der Waals surface area contributed by atoms with E-state index >= 15 is 0 Å². The Bertz CT molecular complexity index is 2410. The number of hydrogen-bond donors (Lipinski definition) is 3. The summed E-state index contributed by atoms with van der Waals surface area (Å²) in [5, 5.41) is 8.26. The number of imidazole rings is 1. The average Bonchev–Trinajstić information content (AvgIpc) is 4.17. The molecule has 2 amide bonds. The van der Waals surface area contributed by atoms with E-state index in [9.17, 15) is 22.8 Å². The Kier molecular flexibility index (Phi) is 24.6. The van der Waals surface area contributed by atoms with Gasteiger partial charge in [0.15, 0.2) is 0 Å². The molecule has 7 rings (SSSR count). The molecule has 72 heavy (non-hydrogen) atoms. The van der Waals surface area contributed by atoms with Gasteiger partial charge in [-0.1, -0.05) is 32.1 Å². The number of halogens is 3.